The minimum Gasteiger partial charge on any atom is -0.319 e. The summed E-state index contributed by atoms with van der Waals surface area (Å²) in [5.41, 5.74) is 7.91. The highest BCUT2D eigenvalue weighted by Crippen LogP contribution is 2.31. The SMILES string of the molecule is NC(c1ccc2ccccc2n1)c1ccc(Br)c(Cl)c1F. The number of halogens is 3. The van der Waals surface area contributed by atoms with Gasteiger partial charge < -0.3 is 5.73 Å². The van der Waals surface area contributed by atoms with Crippen molar-refractivity contribution in [1.82, 2.24) is 4.98 Å². The lowest BCUT2D eigenvalue weighted by atomic mass is 10.0. The molecule has 5 heteroatoms. The molecule has 1 unspecified atom stereocenters. The molecule has 21 heavy (non-hydrogen) atoms. The molecule has 0 amide bonds. The number of hydrogen-bond acceptors (Lipinski definition) is 2. The van der Waals surface area contributed by atoms with Crippen LogP contribution in [0, 0.1) is 5.82 Å². The van der Waals surface area contributed by atoms with Gasteiger partial charge in [-0.25, -0.2) is 4.39 Å². The van der Waals surface area contributed by atoms with Gasteiger partial charge in [0.2, 0.25) is 0 Å². The molecule has 0 radical (unpaired) electrons. The van der Waals surface area contributed by atoms with Crippen LogP contribution in [0.3, 0.4) is 0 Å². The van der Waals surface area contributed by atoms with Gasteiger partial charge in [-0.15, -0.1) is 0 Å². The molecular weight excluding hydrogens is 355 g/mol. The van der Waals surface area contributed by atoms with Crippen molar-refractivity contribution in [1.29, 1.82) is 0 Å². The molecule has 0 saturated carbocycles. The number of benzene rings is 2. The fourth-order valence-electron chi connectivity index (χ4n) is 2.20. The van der Waals surface area contributed by atoms with Crippen LogP contribution in [0.2, 0.25) is 5.02 Å². The van der Waals surface area contributed by atoms with Crippen molar-refractivity contribution >= 4 is 38.4 Å². The molecule has 3 rings (SSSR count). The highest BCUT2D eigenvalue weighted by molar-refractivity contribution is 9.10. The molecule has 2 nitrogen and oxygen atoms in total. The first-order valence-corrected chi connectivity index (χ1v) is 7.49. The second kappa shape index (κ2) is 5.72. The highest BCUT2D eigenvalue weighted by Gasteiger charge is 2.18. The summed E-state index contributed by atoms with van der Waals surface area (Å²) >= 11 is 9.10. The Morgan fingerprint density at radius 3 is 2.67 bits per heavy atom. The van der Waals surface area contributed by atoms with Crippen LogP contribution < -0.4 is 5.73 Å². The van der Waals surface area contributed by atoms with E-state index in [0.29, 0.717) is 15.7 Å². The number of hydrogen-bond donors (Lipinski definition) is 1. The first-order valence-electron chi connectivity index (χ1n) is 6.32. The van der Waals surface area contributed by atoms with Gasteiger partial charge in [0, 0.05) is 15.4 Å². The van der Waals surface area contributed by atoms with E-state index in [4.69, 9.17) is 17.3 Å². The molecule has 1 aromatic heterocycles. The number of aromatic nitrogens is 1. The number of pyridine rings is 1. The quantitative estimate of drug-likeness (QED) is 0.660. The molecule has 0 aliphatic rings. The van der Waals surface area contributed by atoms with Crippen molar-refractivity contribution in [3.8, 4) is 0 Å². The maximum absolute atomic E-state index is 14.2. The van der Waals surface area contributed by atoms with Gasteiger partial charge in [-0.05, 0) is 34.1 Å². The van der Waals surface area contributed by atoms with Crippen LogP contribution in [0.15, 0.2) is 53.0 Å². The summed E-state index contributed by atoms with van der Waals surface area (Å²) < 4.78 is 14.7. The van der Waals surface area contributed by atoms with Crippen molar-refractivity contribution in [2.75, 3.05) is 0 Å². The predicted molar refractivity (Wildman–Crippen MR) is 86.9 cm³/mol. The zero-order valence-corrected chi connectivity index (χ0v) is 13.2. The summed E-state index contributed by atoms with van der Waals surface area (Å²) in [7, 11) is 0. The van der Waals surface area contributed by atoms with E-state index in [1.165, 1.54) is 0 Å². The lowest BCUT2D eigenvalue weighted by Gasteiger charge is -2.14. The summed E-state index contributed by atoms with van der Waals surface area (Å²) in [4.78, 5) is 4.50. The third-order valence-corrected chi connectivity index (χ3v) is 4.60. The Hall–Kier alpha value is -1.49. The fraction of sp³-hybridized carbons (Fsp3) is 0.0625. The molecule has 0 aliphatic heterocycles. The lowest BCUT2D eigenvalue weighted by molar-refractivity contribution is 0.597. The average molecular weight is 366 g/mol. The van der Waals surface area contributed by atoms with E-state index in [2.05, 4.69) is 20.9 Å². The Morgan fingerprint density at radius 2 is 1.86 bits per heavy atom. The third kappa shape index (κ3) is 2.67. The molecular formula is C16H11BrClFN2. The lowest BCUT2D eigenvalue weighted by Crippen LogP contribution is -2.15. The Bertz CT molecular complexity index is 822. The van der Waals surface area contributed by atoms with Crippen LogP contribution in [0.25, 0.3) is 10.9 Å². The van der Waals surface area contributed by atoms with Gasteiger partial charge in [0.25, 0.3) is 0 Å². The van der Waals surface area contributed by atoms with E-state index in [-0.39, 0.29) is 5.02 Å². The van der Waals surface area contributed by atoms with Crippen LogP contribution >= 0.6 is 27.5 Å². The topological polar surface area (TPSA) is 38.9 Å². The van der Waals surface area contributed by atoms with Crippen molar-refractivity contribution < 1.29 is 4.39 Å². The van der Waals surface area contributed by atoms with Crippen LogP contribution in [0.4, 0.5) is 4.39 Å². The van der Waals surface area contributed by atoms with Gasteiger partial charge in [-0.1, -0.05) is 41.9 Å². The van der Waals surface area contributed by atoms with Crippen molar-refractivity contribution in [3.05, 3.63) is 75.1 Å². The second-order valence-corrected chi connectivity index (χ2v) is 5.90. The Morgan fingerprint density at radius 1 is 1.10 bits per heavy atom. The standard InChI is InChI=1S/C16H11BrClFN2/c17-11-7-6-10(15(19)14(11)18)16(20)13-8-5-9-3-1-2-4-12(9)21-13/h1-8,16H,20H2. The molecule has 0 bridgehead atoms. The predicted octanol–water partition coefficient (Wildman–Crippen LogP) is 4.84. The maximum atomic E-state index is 14.2. The molecule has 1 heterocycles. The van der Waals surface area contributed by atoms with E-state index in [1.807, 2.05) is 36.4 Å². The zero-order chi connectivity index (χ0) is 15.0. The minimum atomic E-state index is -0.666. The summed E-state index contributed by atoms with van der Waals surface area (Å²) in [5, 5.41) is 1.05. The molecule has 2 aromatic carbocycles. The normalized spacial score (nSPS) is 12.6. The van der Waals surface area contributed by atoms with Crippen molar-refractivity contribution in [2.45, 2.75) is 6.04 Å². The average Bonchev–Trinajstić information content (AvgIpc) is 2.52. The molecule has 3 aromatic rings. The summed E-state index contributed by atoms with van der Waals surface area (Å²) in [6.07, 6.45) is 0. The van der Waals surface area contributed by atoms with Crippen LogP contribution in [0.5, 0.6) is 0 Å². The Labute approximate surface area is 134 Å². The highest BCUT2D eigenvalue weighted by atomic mass is 79.9. The Balaban J connectivity index is 2.08. The first kappa shape index (κ1) is 14.4. The smallest absolute Gasteiger partial charge is 0.148 e. The van der Waals surface area contributed by atoms with E-state index in [9.17, 15) is 4.39 Å². The zero-order valence-electron chi connectivity index (χ0n) is 10.9. The van der Waals surface area contributed by atoms with Crippen LogP contribution in [-0.2, 0) is 0 Å². The molecule has 0 saturated heterocycles. The number of fused-ring (bicyclic) bond motifs is 1. The van der Waals surface area contributed by atoms with Crippen LogP contribution in [-0.4, -0.2) is 4.98 Å². The number of nitrogens with zero attached hydrogens (tertiary/aromatic N) is 1. The fourth-order valence-corrected chi connectivity index (χ4v) is 2.67. The van der Waals surface area contributed by atoms with Crippen LogP contribution in [0.1, 0.15) is 17.3 Å². The second-order valence-electron chi connectivity index (χ2n) is 4.67. The molecule has 0 spiro atoms. The first-order chi connectivity index (χ1) is 10.1. The minimum absolute atomic E-state index is 0.0312. The summed E-state index contributed by atoms with van der Waals surface area (Å²) in [5.74, 6) is -0.520. The monoisotopic (exact) mass is 364 g/mol. The summed E-state index contributed by atoms with van der Waals surface area (Å²) in [6, 6.07) is 14.1. The van der Waals surface area contributed by atoms with Crippen molar-refractivity contribution in [3.63, 3.8) is 0 Å². The molecule has 1 atom stereocenters. The number of nitrogens with two attached hydrogens (primary N) is 1. The van der Waals surface area contributed by atoms with Gasteiger partial charge in [0.1, 0.15) is 5.82 Å². The largest absolute Gasteiger partial charge is 0.319 e. The van der Waals surface area contributed by atoms with E-state index in [1.54, 1.807) is 12.1 Å². The molecule has 2 N–H and O–H groups in total. The number of rotatable bonds is 2. The van der Waals surface area contributed by atoms with Gasteiger partial charge in [0.05, 0.1) is 22.3 Å². The van der Waals surface area contributed by atoms with E-state index < -0.39 is 11.9 Å². The number of para-hydroxylation sites is 1. The molecule has 0 aliphatic carbocycles. The molecule has 106 valence electrons. The van der Waals surface area contributed by atoms with Gasteiger partial charge >= 0.3 is 0 Å². The molecule has 0 fully saturated rings. The van der Waals surface area contributed by atoms with E-state index in [0.717, 1.165) is 10.9 Å². The van der Waals surface area contributed by atoms with Crippen molar-refractivity contribution in [2.24, 2.45) is 5.73 Å². The van der Waals surface area contributed by atoms with E-state index >= 15 is 0 Å². The third-order valence-electron chi connectivity index (χ3n) is 3.34. The Kier molecular flexibility index (Phi) is 3.93. The van der Waals surface area contributed by atoms with Gasteiger partial charge in [-0.3, -0.25) is 4.98 Å². The van der Waals surface area contributed by atoms with Gasteiger partial charge in [-0.2, -0.15) is 0 Å². The summed E-state index contributed by atoms with van der Waals surface area (Å²) in [6.45, 7) is 0. The maximum Gasteiger partial charge on any atom is 0.148 e. The van der Waals surface area contributed by atoms with Gasteiger partial charge in [0.15, 0.2) is 0 Å².